The summed E-state index contributed by atoms with van der Waals surface area (Å²) < 4.78 is 16.5. The van der Waals surface area contributed by atoms with Crippen molar-refractivity contribution in [1.29, 1.82) is 0 Å². The summed E-state index contributed by atoms with van der Waals surface area (Å²) in [5.41, 5.74) is 3.28. The summed E-state index contributed by atoms with van der Waals surface area (Å²) in [5.74, 6) is -0.918. The molecular formula is C22H23BrClN3O6. The van der Waals surface area contributed by atoms with Crippen LogP contribution in [0.3, 0.4) is 0 Å². The van der Waals surface area contributed by atoms with Crippen LogP contribution in [0.4, 0.5) is 5.69 Å². The smallest absolute Gasteiger partial charge is 0.344 e. The molecule has 0 unspecified atom stereocenters. The van der Waals surface area contributed by atoms with Crippen LogP contribution in [0.15, 0.2) is 46.0 Å². The van der Waals surface area contributed by atoms with Crippen LogP contribution in [0.25, 0.3) is 0 Å². The molecular weight excluding hydrogens is 518 g/mol. The van der Waals surface area contributed by atoms with E-state index in [0.29, 0.717) is 38.9 Å². The van der Waals surface area contributed by atoms with E-state index in [4.69, 9.17) is 25.8 Å². The van der Waals surface area contributed by atoms with Crippen LogP contribution in [0, 0.1) is 0 Å². The number of ether oxygens (including phenoxy) is 3. The van der Waals surface area contributed by atoms with Crippen LogP contribution in [0.5, 0.6) is 11.5 Å². The van der Waals surface area contributed by atoms with E-state index in [0.717, 1.165) is 0 Å². The van der Waals surface area contributed by atoms with Gasteiger partial charge in [-0.3, -0.25) is 9.59 Å². The number of hydrazone groups is 1. The molecule has 0 saturated carbocycles. The first-order valence-corrected chi connectivity index (χ1v) is 11.1. The van der Waals surface area contributed by atoms with Crippen LogP contribution >= 0.6 is 27.5 Å². The van der Waals surface area contributed by atoms with Gasteiger partial charge >= 0.3 is 5.97 Å². The van der Waals surface area contributed by atoms with E-state index in [1.165, 1.54) is 6.21 Å². The third kappa shape index (κ3) is 8.74. The molecule has 0 aliphatic carbocycles. The number of nitrogens with one attached hydrogen (secondary N) is 2. The number of halogens is 2. The van der Waals surface area contributed by atoms with Crippen molar-refractivity contribution in [3.63, 3.8) is 0 Å². The zero-order valence-corrected chi connectivity index (χ0v) is 20.4. The topological polar surface area (TPSA) is 115 Å². The minimum Gasteiger partial charge on any atom is -0.490 e. The van der Waals surface area contributed by atoms with Crippen molar-refractivity contribution in [2.45, 2.75) is 20.3 Å². The average Bonchev–Trinajstić information content (AvgIpc) is 2.75. The van der Waals surface area contributed by atoms with Crippen molar-refractivity contribution in [2.75, 3.05) is 25.1 Å². The SMILES string of the molecule is CCOC(=O)COc1c(Br)cc(C=NNC(=O)CC(=O)Nc2ccccc2Cl)cc1OCC. The second-order valence-electron chi connectivity index (χ2n) is 6.35. The van der Waals surface area contributed by atoms with E-state index < -0.39 is 24.2 Å². The van der Waals surface area contributed by atoms with Crippen LogP contribution in [0.1, 0.15) is 25.8 Å². The molecule has 2 rings (SSSR count). The Labute approximate surface area is 204 Å². The Morgan fingerprint density at radius 1 is 1.09 bits per heavy atom. The minimum absolute atomic E-state index is 0.254. The fourth-order valence-electron chi connectivity index (χ4n) is 2.52. The number of anilines is 1. The number of carbonyl (C=O) groups excluding carboxylic acids is 3. The van der Waals surface area contributed by atoms with Gasteiger partial charge in [-0.1, -0.05) is 23.7 Å². The number of hydrogen-bond acceptors (Lipinski definition) is 7. The van der Waals surface area contributed by atoms with E-state index in [9.17, 15) is 14.4 Å². The van der Waals surface area contributed by atoms with E-state index >= 15 is 0 Å². The van der Waals surface area contributed by atoms with Gasteiger partial charge in [0.15, 0.2) is 18.1 Å². The lowest BCUT2D eigenvalue weighted by Crippen LogP contribution is -2.24. The molecule has 0 aliphatic heterocycles. The second kappa shape index (κ2) is 13.4. The zero-order valence-electron chi connectivity index (χ0n) is 18.0. The molecule has 9 nitrogen and oxygen atoms in total. The van der Waals surface area contributed by atoms with Gasteiger partial charge in [0.05, 0.1) is 34.6 Å². The van der Waals surface area contributed by atoms with Gasteiger partial charge < -0.3 is 19.5 Å². The number of benzene rings is 2. The first-order chi connectivity index (χ1) is 15.8. The lowest BCUT2D eigenvalue weighted by Gasteiger charge is -2.14. The van der Waals surface area contributed by atoms with Crippen LogP contribution in [-0.4, -0.2) is 43.8 Å². The first kappa shape index (κ1) is 26.1. The molecule has 176 valence electrons. The molecule has 33 heavy (non-hydrogen) atoms. The lowest BCUT2D eigenvalue weighted by atomic mass is 10.2. The fourth-order valence-corrected chi connectivity index (χ4v) is 3.28. The third-order valence-electron chi connectivity index (χ3n) is 3.84. The molecule has 2 N–H and O–H groups in total. The summed E-state index contributed by atoms with van der Waals surface area (Å²) >= 11 is 9.36. The van der Waals surface area contributed by atoms with Crippen LogP contribution in [-0.2, 0) is 19.1 Å². The number of carbonyl (C=O) groups is 3. The Balaban J connectivity index is 1.97. The Hall–Kier alpha value is -3.11. The van der Waals surface area contributed by atoms with Gasteiger partial charge in [-0.05, 0) is 59.6 Å². The molecule has 0 saturated heterocycles. The summed E-state index contributed by atoms with van der Waals surface area (Å²) in [6, 6.07) is 10.0. The van der Waals surface area contributed by atoms with E-state index in [2.05, 4.69) is 31.8 Å². The van der Waals surface area contributed by atoms with Crippen LogP contribution in [0.2, 0.25) is 5.02 Å². The highest BCUT2D eigenvalue weighted by atomic mass is 79.9. The van der Waals surface area contributed by atoms with Gasteiger partial charge in [0.2, 0.25) is 11.8 Å². The maximum atomic E-state index is 12.0. The molecule has 2 aromatic carbocycles. The highest BCUT2D eigenvalue weighted by Crippen LogP contribution is 2.36. The van der Waals surface area contributed by atoms with Crippen molar-refractivity contribution < 1.29 is 28.6 Å². The largest absolute Gasteiger partial charge is 0.490 e. The van der Waals surface area contributed by atoms with Gasteiger partial charge in [-0.25, -0.2) is 10.2 Å². The molecule has 0 spiro atoms. The highest BCUT2D eigenvalue weighted by Gasteiger charge is 2.14. The molecule has 0 aliphatic rings. The van der Waals surface area contributed by atoms with Gasteiger partial charge in [-0.15, -0.1) is 0 Å². The van der Waals surface area contributed by atoms with Crippen molar-refractivity contribution >= 4 is 57.2 Å². The molecule has 0 radical (unpaired) electrons. The first-order valence-electron chi connectivity index (χ1n) is 9.95. The zero-order chi connectivity index (χ0) is 24.2. The Morgan fingerprint density at radius 2 is 1.85 bits per heavy atom. The molecule has 0 aromatic heterocycles. The number of nitrogens with zero attached hydrogens (tertiary/aromatic N) is 1. The molecule has 0 fully saturated rings. The molecule has 11 heteroatoms. The van der Waals surface area contributed by atoms with Crippen molar-refractivity contribution in [3.8, 4) is 11.5 Å². The van der Waals surface area contributed by atoms with E-state index in [-0.39, 0.29) is 13.2 Å². The maximum absolute atomic E-state index is 12.0. The maximum Gasteiger partial charge on any atom is 0.344 e. The third-order valence-corrected chi connectivity index (χ3v) is 4.76. The molecule has 0 bridgehead atoms. The van der Waals surface area contributed by atoms with E-state index in [1.54, 1.807) is 50.2 Å². The summed E-state index contributed by atoms with van der Waals surface area (Å²) in [6.07, 6.45) is 0.948. The van der Waals surface area contributed by atoms with E-state index in [1.807, 2.05) is 0 Å². The van der Waals surface area contributed by atoms with Crippen molar-refractivity contribution in [3.05, 3.63) is 51.5 Å². The van der Waals surface area contributed by atoms with Crippen molar-refractivity contribution in [1.82, 2.24) is 5.43 Å². The van der Waals surface area contributed by atoms with Crippen LogP contribution < -0.4 is 20.2 Å². The number of para-hydroxylation sites is 1. The average molecular weight is 541 g/mol. The normalized spacial score (nSPS) is 10.5. The monoisotopic (exact) mass is 539 g/mol. The highest BCUT2D eigenvalue weighted by molar-refractivity contribution is 9.10. The molecule has 2 amide bonds. The Morgan fingerprint density at radius 3 is 2.55 bits per heavy atom. The number of esters is 1. The number of rotatable bonds is 11. The molecule has 0 heterocycles. The Bertz CT molecular complexity index is 1030. The van der Waals surface area contributed by atoms with Crippen molar-refractivity contribution in [2.24, 2.45) is 5.10 Å². The minimum atomic E-state index is -0.603. The lowest BCUT2D eigenvalue weighted by molar-refractivity contribution is -0.145. The van der Waals surface area contributed by atoms with Gasteiger partial charge in [0, 0.05) is 0 Å². The molecule has 0 atom stereocenters. The number of amides is 2. The number of hydrogen-bond donors (Lipinski definition) is 2. The summed E-state index contributed by atoms with van der Waals surface area (Å²) in [6.45, 7) is 3.85. The second-order valence-corrected chi connectivity index (χ2v) is 7.62. The van der Waals surface area contributed by atoms with Gasteiger partial charge in [0.25, 0.3) is 0 Å². The standard InChI is InChI=1S/C22H23BrClN3O6/c1-3-31-18-10-14(9-15(23)22(18)33-13-21(30)32-4-2)12-25-27-20(29)11-19(28)26-17-8-6-5-7-16(17)24/h5-10,12H,3-4,11,13H2,1-2H3,(H,26,28)(H,27,29). The van der Waals surface area contributed by atoms with Gasteiger partial charge in [-0.2, -0.15) is 5.10 Å². The quantitative estimate of drug-likeness (QED) is 0.193. The predicted molar refractivity (Wildman–Crippen MR) is 128 cm³/mol. The predicted octanol–water partition coefficient (Wildman–Crippen LogP) is 3.92. The Kier molecular flexibility index (Phi) is 10.6. The summed E-state index contributed by atoms with van der Waals surface area (Å²) in [4.78, 5) is 35.6. The fraction of sp³-hybridized carbons (Fsp3) is 0.273. The van der Waals surface area contributed by atoms with Gasteiger partial charge in [0.1, 0.15) is 6.42 Å². The summed E-state index contributed by atoms with van der Waals surface area (Å²) in [5, 5.41) is 6.80. The molecule has 2 aromatic rings. The summed E-state index contributed by atoms with van der Waals surface area (Å²) in [7, 11) is 0.